The summed E-state index contributed by atoms with van der Waals surface area (Å²) in [7, 11) is 1.94. The Balaban J connectivity index is 2.00. The number of anilines is 1. The van der Waals surface area contributed by atoms with Crippen LogP contribution in [0.2, 0.25) is 0 Å². The minimum Gasteiger partial charge on any atom is -0.378 e. The molecule has 0 saturated carbocycles. The van der Waals surface area contributed by atoms with Crippen LogP contribution in [0.15, 0.2) is 73.0 Å². The number of benzene rings is 2. The second-order valence-corrected chi connectivity index (χ2v) is 6.24. The SMILES string of the molecule is C=C=C(c1ccccc1)[C@H](C(=O)N1CCOCC1)N(C)c1ccccc1. The van der Waals surface area contributed by atoms with Crippen molar-refractivity contribution in [1.82, 2.24) is 4.90 Å². The molecule has 1 amide bonds. The lowest BCUT2D eigenvalue weighted by molar-refractivity contribution is -0.135. The van der Waals surface area contributed by atoms with Crippen molar-refractivity contribution in [3.05, 3.63) is 78.5 Å². The van der Waals surface area contributed by atoms with Crippen molar-refractivity contribution in [1.29, 1.82) is 0 Å². The van der Waals surface area contributed by atoms with Gasteiger partial charge in [0.1, 0.15) is 6.04 Å². The fraction of sp³-hybridized carbons (Fsp3) is 0.273. The Morgan fingerprint density at radius 1 is 1.08 bits per heavy atom. The van der Waals surface area contributed by atoms with E-state index in [1.54, 1.807) is 0 Å². The van der Waals surface area contributed by atoms with E-state index in [0.29, 0.717) is 26.3 Å². The van der Waals surface area contributed by atoms with Gasteiger partial charge in [-0.25, -0.2) is 0 Å². The van der Waals surface area contributed by atoms with Crippen LogP contribution in [0, 0.1) is 0 Å². The first kappa shape index (κ1) is 18.0. The van der Waals surface area contributed by atoms with Gasteiger partial charge in [0.15, 0.2) is 0 Å². The van der Waals surface area contributed by atoms with Crippen LogP contribution in [0.5, 0.6) is 0 Å². The third-order valence-electron chi connectivity index (χ3n) is 4.66. The summed E-state index contributed by atoms with van der Waals surface area (Å²) in [6.45, 7) is 6.25. The highest BCUT2D eigenvalue weighted by molar-refractivity contribution is 5.98. The highest BCUT2D eigenvalue weighted by Gasteiger charge is 2.33. The van der Waals surface area contributed by atoms with E-state index in [2.05, 4.69) is 12.3 Å². The number of ether oxygens (including phenoxy) is 1. The molecule has 0 radical (unpaired) electrons. The normalized spacial score (nSPS) is 15.0. The molecule has 0 unspecified atom stereocenters. The summed E-state index contributed by atoms with van der Waals surface area (Å²) in [5.74, 6) is 0.0506. The molecule has 1 atom stereocenters. The standard InChI is InChI=1S/C22H24N2O2/c1-3-20(18-10-6-4-7-11-18)21(22(25)24-14-16-26-17-15-24)23(2)19-12-8-5-9-13-19/h4-13,21H,1,14-17H2,2H3/t21-/m1/s1. The van der Waals surface area contributed by atoms with Gasteiger partial charge in [-0.15, -0.1) is 5.73 Å². The number of carbonyl (C=O) groups is 1. The van der Waals surface area contributed by atoms with Crippen molar-refractivity contribution in [3.8, 4) is 0 Å². The summed E-state index contributed by atoms with van der Waals surface area (Å²) in [4.78, 5) is 17.3. The lowest BCUT2D eigenvalue weighted by atomic mass is 9.96. The second-order valence-electron chi connectivity index (χ2n) is 6.24. The van der Waals surface area contributed by atoms with Crippen LogP contribution in [-0.4, -0.2) is 50.2 Å². The largest absolute Gasteiger partial charge is 0.378 e. The van der Waals surface area contributed by atoms with Gasteiger partial charge in [0.2, 0.25) is 0 Å². The van der Waals surface area contributed by atoms with Crippen molar-refractivity contribution in [2.24, 2.45) is 0 Å². The molecule has 1 aliphatic heterocycles. The zero-order valence-corrected chi connectivity index (χ0v) is 15.1. The molecule has 4 heteroatoms. The maximum atomic E-state index is 13.4. The van der Waals surface area contributed by atoms with Crippen LogP contribution < -0.4 is 4.90 Å². The second kappa shape index (κ2) is 8.52. The minimum absolute atomic E-state index is 0.0506. The number of hydrogen-bond acceptors (Lipinski definition) is 3. The predicted octanol–water partition coefficient (Wildman–Crippen LogP) is 3.22. The molecule has 26 heavy (non-hydrogen) atoms. The topological polar surface area (TPSA) is 32.8 Å². The minimum atomic E-state index is -0.490. The first-order chi connectivity index (χ1) is 12.7. The molecule has 1 fully saturated rings. The molecular formula is C22H24N2O2. The Hall–Kier alpha value is -2.81. The third-order valence-corrected chi connectivity index (χ3v) is 4.66. The first-order valence-corrected chi connectivity index (χ1v) is 8.82. The van der Waals surface area contributed by atoms with Gasteiger partial charge in [0, 0.05) is 31.4 Å². The lowest BCUT2D eigenvalue weighted by Crippen LogP contribution is -2.51. The van der Waals surface area contributed by atoms with Crippen LogP contribution in [0.4, 0.5) is 5.69 Å². The summed E-state index contributed by atoms with van der Waals surface area (Å²) in [6.07, 6.45) is 0. The molecule has 1 aliphatic rings. The summed E-state index contributed by atoms with van der Waals surface area (Å²) in [5, 5.41) is 0. The molecule has 0 N–H and O–H groups in total. The van der Waals surface area contributed by atoms with Gasteiger partial charge >= 0.3 is 0 Å². The number of nitrogens with zero attached hydrogens (tertiary/aromatic N) is 2. The molecule has 0 aromatic heterocycles. The van der Waals surface area contributed by atoms with Crippen LogP contribution in [0.25, 0.3) is 5.57 Å². The van der Waals surface area contributed by atoms with Crippen LogP contribution in [0.1, 0.15) is 5.56 Å². The molecule has 4 nitrogen and oxygen atoms in total. The molecule has 0 bridgehead atoms. The van der Waals surface area contributed by atoms with Gasteiger partial charge in [0.05, 0.1) is 13.2 Å². The maximum absolute atomic E-state index is 13.4. The Morgan fingerprint density at radius 2 is 1.65 bits per heavy atom. The zero-order chi connectivity index (χ0) is 18.4. The highest BCUT2D eigenvalue weighted by atomic mass is 16.5. The van der Waals surface area contributed by atoms with E-state index in [1.165, 1.54) is 0 Å². The average Bonchev–Trinajstić information content (AvgIpc) is 2.73. The quantitative estimate of drug-likeness (QED) is 0.778. The van der Waals surface area contributed by atoms with Gasteiger partial charge in [-0.2, -0.15) is 0 Å². The summed E-state index contributed by atoms with van der Waals surface area (Å²) < 4.78 is 5.40. The van der Waals surface area contributed by atoms with Crippen LogP contribution in [-0.2, 0) is 9.53 Å². The monoisotopic (exact) mass is 348 g/mol. The molecule has 0 spiro atoms. The van der Waals surface area contributed by atoms with Gasteiger partial charge in [-0.1, -0.05) is 55.1 Å². The maximum Gasteiger partial charge on any atom is 0.250 e. The van der Waals surface area contributed by atoms with E-state index < -0.39 is 6.04 Å². The van der Waals surface area contributed by atoms with Crippen molar-refractivity contribution < 1.29 is 9.53 Å². The number of rotatable bonds is 5. The molecule has 0 aliphatic carbocycles. The smallest absolute Gasteiger partial charge is 0.250 e. The van der Waals surface area contributed by atoms with Crippen molar-refractivity contribution in [2.45, 2.75) is 6.04 Å². The predicted molar refractivity (Wildman–Crippen MR) is 105 cm³/mol. The number of para-hydroxylation sites is 1. The fourth-order valence-electron chi connectivity index (χ4n) is 3.23. The average molecular weight is 348 g/mol. The Bertz CT molecular complexity index is 776. The Labute approximate surface area is 155 Å². The molecule has 1 saturated heterocycles. The van der Waals surface area contributed by atoms with Crippen LogP contribution >= 0.6 is 0 Å². The van der Waals surface area contributed by atoms with E-state index in [0.717, 1.165) is 16.8 Å². The molecule has 2 aromatic carbocycles. The molecular weight excluding hydrogens is 324 g/mol. The van der Waals surface area contributed by atoms with E-state index in [4.69, 9.17) is 4.74 Å². The number of carbonyl (C=O) groups excluding carboxylic acids is 1. The summed E-state index contributed by atoms with van der Waals surface area (Å²) >= 11 is 0. The molecule has 1 heterocycles. The van der Waals surface area contributed by atoms with Crippen molar-refractivity contribution in [2.75, 3.05) is 38.3 Å². The number of amides is 1. The number of hydrogen-bond donors (Lipinski definition) is 0. The van der Waals surface area contributed by atoms with Gasteiger partial charge in [-0.05, 0) is 17.7 Å². The van der Waals surface area contributed by atoms with E-state index >= 15 is 0 Å². The summed E-state index contributed by atoms with van der Waals surface area (Å²) in [5.41, 5.74) is 5.75. The van der Waals surface area contributed by atoms with Gasteiger partial charge in [0.25, 0.3) is 5.91 Å². The third kappa shape index (κ3) is 3.88. The lowest BCUT2D eigenvalue weighted by Gasteiger charge is -2.36. The Morgan fingerprint density at radius 3 is 2.23 bits per heavy atom. The van der Waals surface area contributed by atoms with Crippen LogP contribution in [0.3, 0.4) is 0 Å². The van der Waals surface area contributed by atoms with Gasteiger partial charge in [-0.3, -0.25) is 4.79 Å². The first-order valence-electron chi connectivity index (χ1n) is 8.82. The fourth-order valence-corrected chi connectivity index (χ4v) is 3.23. The highest BCUT2D eigenvalue weighted by Crippen LogP contribution is 2.27. The zero-order valence-electron chi connectivity index (χ0n) is 15.1. The van der Waals surface area contributed by atoms with E-state index in [1.807, 2.05) is 77.5 Å². The van der Waals surface area contributed by atoms with E-state index in [9.17, 15) is 4.79 Å². The van der Waals surface area contributed by atoms with Gasteiger partial charge < -0.3 is 14.5 Å². The molecule has 134 valence electrons. The molecule has 2 aromatic rings. The molecule has 3 rings (SSSR count). The number of likely N-dealkylation sites (N-methyl/N-ethyl adjacent to an activating group) is 1. The Kier molecular flexibility index (Phi) is 5.90. The van der Waals surface area contributed by atoms with E-state index in [-0.39, 0.29) is 5.91 Å². The van der Waals surface area contributed by atoms with Crippen molar-refractivity contribution in [3.63, 3.8) is 0 Å². The number of morpholine rings is 1. The van der Waals surface area contributed by atoms with Crippen molar-refractivity contribution >= 4 is 17.2 Å². The summed E-state index contributed by atoms with van der Waals surface area (Å²) in [6, 6.07) is 19.3.